The number of rotatable bonds is 5. The van der Waals surface area contributed by atoms with Crippen molar-refractivity contribution < 1.29 is 5.32 Å². The number of hydrogen-bond donors (Lipinski definition) is 1. The van der Waals surface area contributed by atoms with Crippen molar-refractivity contribution in [3.63, 3.8) is 0 Å². The molecule has 0 unspecified atom stereocenters. The molecule has 2 rings (SSSR count). The van der Waals surface area contributed by atoms with Gasteiger partial charge < -0.3 is 5.32 Å². The van der Waals surface area contributed by atoms with Crippen LogP contribution < -0.4 is 5.32 Å². The molecule has 0 heterocycles. The Morgan fingerprint density at radius 1 is 0.944 bits per heavy atom. The quantitative estimate of drug-likeness (QED) is 0.810. The number of halogens is 2. The van der Waals surface area contributed by atoms with Crippen LogP contribution in [0.2, 0.25) is 10.0 Å². The van der Waals surface area contributed by atoms with Crippen LogP contribution in [0.5, 0.6) is 0 Å². The molecule has 0 aliphatic rings. The molecule has 0 spiro atoms. The largest absolute Gasteiger partial charge is 0.342 e. The smallest absolute Gasteiger partial charge is 0.103 e. The molecule has 0 saturated carbocycles. The first-order valence-electron chi connectivity index (χ1n) is 6.05. The fourth-order valence-electron chi connectivity index (χ4n) is 1.86. The van der Waals surface area contributed by atoms with Gasteiger partial charge in [-0.05, 0) is 17.7 Å². The summed E-state index contributed by atoms with van der Waals surface area (Å²) in [6.45, 7) is 1.95. The molecule has 0 aromatic heterocycles. The van der Waals surface area contributed by atoms with Crippen LogP contribution in [0.3, 0.4) is 0 Å². The summed E-state index contributed by atoms with van der Waals surface area (Å²) in [5, 5.41) is 3.70. The molecular formula is C15H16Cl2N+. The summed E-state index contributed by atoms with van der Waals surface area (Å²) in [5.41, 5.74) is 2.50. The minimum atomic E-state index is 0.688. The maximum Gasteiger partial charge on any atom is 0.103 e. The topological polar surface area (TPSA) is 16.6 Å². The van der Waals surface area contributed by atoms with Crippen molar-refractivity contribution in [2.75, 3.05) is 6.54 Å². The van der Waals surface area contributed by atoms with Gasteiger partial charge in [-0.15, -0.1) is 0 Å². The van der Waals surface area contributed by atoms with Crippen molar-refractivity contribution in [2.45, 2.75) is 13.0 Å². The maximum atomic E-state index is 6.12. The van der Waals surface area contributed by atoms with Gasteiger partial charge in [-0.1, -0.05) is 59.6 Å². The van der Waals surface area contributed by atoms with Gasteiger partial charge in [0.25, 0.3) is 0 Å². The number of benzene rings is 2. The second-order valence-electron chi connectivity index (χ2n) is 4.25. The lowest BCUT2D eigenvalue weighted by Crippen LogP contribution is -2.83. The van der Waals surface area contributed by atoms with Gasteiger partial charge in [0.05, 0.1) is 11.6 Å². The molecule has 2 aromatic rings. The van der Waals surface area contributed by atoms with E-state index in [4.69, 9.17) is 23.2 Å². The molecule has 3 heteroatoms. The van der Waals surface area contributed by atoms with Crippen molar-refractivity contribution in [3.05, 3.63) is 69.7 Å². The number of quaternary nitrogens is 1. The second kappa shape index (κ2) is 6.79. The lowest BCUT2D eigenvalue weighted by Gasteiger charge is -2.04. The van der Waals surface area contributed by atoms with Gasteiger partial charge in [-0.25, -0.2) is 0 Å². The van der Waals surface area contributed by atoms with Crippen molar-refractivity contribution in [3.8, 4) is 0 Å². The SMILES string of the molecule is Clc1ccc(C[NH2+]CCc2ccccc2)c(Cl)c1. The molecule has 0 radical (unpaired) electrons. The van der Waals surface area contributed by atoms with Gasteiger partial charge in [0.2, 0.25) is 0 Å². The van der Waals surface area contributed by atoms with Crippen LogP contribution in [0, 0.1) is 0 Å². The Bertz CT molecular complexity index is 497. The van der Waals surface area contributed by atoms with E-state index in [2.05, 4.69) is 29.6 Å². The molecule has 0 aliphatic heterocycles. The first-order chi connectivity index (χ1) is 8.75. The van der Waals surface area contributed by atoms with E-state index in [-0.39, 0.29) is 0 Å². The van der Waals surface area contributed by atoms with E-state index in [0.717, 1.165) is 30.1 Å². The summed E-state index contributed by atoms with van der Waals surface area (Å²) in [6.07, 6.45) is 1.08. The second-order valence-corrected chi connectivity index (χ2v) is 5.10. The Kier molecular flexibility index (Phi) is 5.06. The van der Waals surface area contributed by atoms with E-state index in [9.17, 15) is 0 Å². The van der Waals surface area contributed by atoms with Crippen LogP contribution in [0.15, 0.2) is 48.5 Å². The van der Waals surface area contributed by atoms with Crippen molar-refractivity contribution in [2.24, 2.45) is 0 Å². The molecule has 0 fully saturated rings. The fraction of sp³-hybridized carbons (Fsp3) is 0.200. The van der Waals surface area contributed by atoms with Gasteiger partial charge >= 0.3 is 0 Å². The molecule has 2 aromatic carbocycles. The first kappa shape index (κ1) is 13.4. The summed E-state index contributed by atoms with van der Waals surface area (Å²) >= 11 is 12.0. The Balaban J connectivity index is 1.79. The standard InChI is InChI=1S/C15H15Cl2N/c16-14-7-6-13(15(17)10-14)11-18-9-8-12-4-2-1-3-5-12/h1-7,10,18H,8-9,11H2/p+1. The predicted octanol–water partition coefficient (Wildman–Crippen LogP) is 3.30. The third-order valence-electron chi connectivity index (χ3n) is 2.86. The molecule has 0 bridgehead atoms. The highest BCUT2D eigenvalue weighted by atomic mass is 35.5. The highest BCUT2D eigenvalue weighted by molar-refractivity contribution is 6.35. The van der Waals surface area contributed by atoms with Crippen molar-refractivity contribution in [1.82, 2.24) is 0 Å². The summed E-state index contributed by atoms with van der Waals surface area (Å²) in [7, 11) is 0. The maximum absolute atomic E-state index is 6.12. The van der Waals surface area contributed by atoms with Gasteiger partial charge in [-0.2, -0.15) is 0 Å². The zero-order valence-corrected chi connectivity index (χ0v) is 11.6. The van der Waals surface area contributed by atoms with Gasteiger partial charge in [0.15, 0.2) is 0 Å². The average molecular weight is 281 g/mol. The number of hydrogen-bond acceptors (Lipinski definition) is 0. The van der Waals surface area contributed by atoms with Crippen LogP contribution in [-0.2, 0) is 13.0 Å². The van der Waals surface area contributed by atoms with Gasteiger partial charge in [0, 0.05) is 17.0 Å². The zero-order chi connectivity index (χ0) is 12.8. The van der Waals surface area contributed by atoms with Crippen molar-refractivity contribution in [1.29, 1.82) is 0 Å². The van der Waals surface area contributed by atoms with Gasteiger partial charge in [0.1, 0.15) is 6.54 Å². The molecule has 0 aliphatic carbocycles. The monoisotopic (exact) mass is 280 g/mol. The predicted molar refractivity (Wildman–Crippen MR) is 77.1 cm³/mol. The van der Waals surface area contributed by atoms with Crippen LogP contribution in [0.25, 0.3) is 0 Å². The third-order valence-corrected chi connectivity index (χ3v) is 3.45. The lowest BCUT2D eigenvalue weighted by atomic mass is 10.1. The molecule has 1 nitrogen and oxygen atoms in total. The summed E-state index contributed by atoms with van der Waals surface area (Å²) < 4.78 is 0. The van der Waals surface area contributed by atoms with Crippen molar-refractivity contribution >= 4 is 23.2 Å². The van der Waals surface area contributed by atoms with Crippen LogP contribution >= 0.6 is 23.2 Å². The molecular weight excluding hydrogens is 265 g/mol. The van der Waals surface area contributed by atoms with E-state index in [0.29, 0.717) is 5.02 Å². The van der Waals surface area contributed by atoms with E-state index in [1.54, 1.807) is 6.07 Å². The Morgan fingerprint density at radius 2 is 1.72 bits per heavy atom. The van der Waals surface area contributed by atoms with E-state index < -0.39 is 0 Å². The first-order valence-corrected chi connectivity index (χ1v) is 6.81. The summed E-state index contributed by atoms with van der Waals surface area (Å²) in [4.78, 5) is 0. The lowest BCUT2D eigenvalue weighted by molar-refractivity contribution is -0.670. The van der Waals surface area contributed by atoms with E-state index in [1.807, 2.05) is 18.2 Å². The van der Waals surface area contributed by atoms with Crippen LogP contribution in [0.1, 0.15) is 11.1 Å². The normalized spacial score (nSPS) is 10.6. The minimum absolute atomic E-state index is 0.688. The highest BCUT2D eigenvalue weighted by Crippen LogP contribution is 2.19. The Morgan fingerprint density at radius 3 is 2.44 bits per heavy atom. The molecule has 94 valence electrons. The summed E-state index contributed by atoms with van der Waals surface area (Å²) in [5.74, 6) is 0. The summed E-state index contributed by atoms with van der Waals surface area (Å²) in [6, 6.07) is 16.2. The number of nitrogens with two attached hydrogens (primary N) is 1. The molecule has 0 amide bonds. The van der Waals surface area contributed by atoms with Crippen LogP contribution in [0.4, 0.5) is 0 Å². The van der Waals surface area contributed by atoms with Gasteiger partial charge in [-0.3, -0.25) is 0 Å². The average Bonchev–Trinajstić information content (AvgIpc) is 2.38. The molecule has 2 N–H and O–H groups in total. The molecule has 18 heavy (non-hydrogen) atoms. The van der Waals surface area contributed by atoms with Crippen LogP contribution in [-0.4, -0.2) is 6.54 Å². The minimum Gasteiger partial charge on any atom is -0.342 e. The Labute approximate surface area is 118 Å². The van der Waals surface area contributed by atoms with E-state index >= 15 is 0 Å². The highest BCUT2D eigenvalue weighted by Gasteiger charge is 2.03. The van der Waals surface area contributed by atoms with E-state index in [1.165, 1.54) is 5.56 Å². The fourth-order valence-corrected chi connectivity index (χ4v) is 2.34. The third kappa shape index (κ3) is 4.02. The molecule has 0 atom stereocenters. The molecule has 0 saturated heterocycles. The zero-order valence-electron chi connectivity index (χ0n) is 10.1. The Hall–Kier alpha value is -1.02.